The highest BCUT2D eigenvalue weighted by molar-refractivity contribution is 7.71. The summed E-state index contributed by atoms with van der Waals surface area (Å²) in [6, 6.07) is 4.25. The van der Waals surface area contributed by atoms with Crippen molar-refractivity contribution in [2.45, 2.75) is 45.6 Å². The van der Waals surface area contributed by atoms with Crippen molar-refractivity contribution in [1.82, 2.24) is 14.5 Å². The maximum atomic E-state index is 5.54. The first-order valence-electron chi connectivity index (χ1n) is 7.18. The van der Waals surface area contributed by atoms with Crippen LogP contribution in [-0.2, 0) is 0 Å². The van der Waals surface area contributed by atoms with Crippen LogP contribution in [-0.4, -0.2) is 21.6 Å². The van der Waals surface area contributed by atoms with Crippen molar-refractivity contribution in [3.8, 4) is 5.88 Å². The van der Waals surface area contributed by atoms with Gasteiger partial charge in [0.1, 0.15) is 0 Å². The van der Waals surface area contributed by atoms with Gasteiger partial charge in [0.15, 0.2) is 10.4 Å². The third-order valence-electron chi connectivity index (χ3n) is 4.51. The zero-order valence-electron chi connectivity index (χ0n) is 12.3. The lowest BCUT2D eigenvalue weighted by Gasteiger charge is -2.39. The van der Waals surface area contributed by atoms with Gasteiger partial charge in [0.05, 0.1) is 12.6 Å². The summed E-state index contributed by atoms with van der Waals surface area (Å²) in [5, 5.41) is 0. The van der Waals surface area contributed by atoms with Gasteiger partial charge in [0, 0.05) is 12.1 Å². The SMILES string of the molecule is COc1ccc2[nH]c(=S)n(C3CCCCC3(C)C)c2n1. The smallest absolute Gasteiger partial charge is 0.215 e. The van der Waals surface area contributed by atoms with Crippen LogP contribution in [0.15, 0.2) is 12.1 Å². The molecule has 0 spiro atoms. The van der Waals surface area contributed by atoms with E-state index in [0.29, 0.717) is 11.9 Å². The minimum atomic E-state index is 0.246. The fraction of sp³-hybridized carbons (Fsp3) is 0.600. The zero-order valence-corrected chi connectivity index (χ0v) is 13.1. The van der Waals surface area contributed by atoms with Crippen molar-refractivity contribution < 1.29 is 4.74 Å². The molecule has 0 aromatic carbocycles. The minimum absolute atomic E-state index is 0.246. The maximum absolute atomic E-state index is 5.54. The summed E-state index contributed by atoms with van der Waals surface area (Å²) in [4.78, 5) is 7.87. The molecule has 0 bridgehead atoms. The molecule has 2 heterocycles. The summed E-state index contributed by atoms with van der Waals surface area (Å²) >= 11 is 5.54. The molecule has 1 aliphatic rings. The van der Waals surface area contributed by atoms with Crippen molar-refractivity contribution in [2.24, 2.45) is 5.41 Å². The molecule has 0 aliphatic heterocycles. The number of rotatable bonds is 2. The fourth-order valence-corrected chi connectivity index (χ4v) is 3.66. The first kappa shape index (κ1) is 13.6. The predicted octanol–water partition coefficient (Wildman–Crippen LogP) is 4.24. The number of hydrogen-bond acceptors (Lipinski definition) is 3. The van der Waals surface area contributed by atoms with Crippen LogP contribution in [0.25, 0.3) is 11.2 Å². The maximum Gasteiger partial charge on any atom is 0.215 e. The Bertz CT molecular complexity index is 686. The summed E-state index contributed by atoms with van der Waals surface area (Å²) in [5.74, 6) is 0.633. The molecule has 1 aliphatic carbocycles. The lowest BCUT2D eigenvalue weighted by atomic mass is 9.73. The highest BCUT2D eigenvalue weighted by Crippen LogP contribution is 2.44. The van der Waals surface area contributed by atoms with Gasteiger partial charge in [-0.1, -0.05) is 26.7 Å². The number of ether oxygens (including phenoxy) is 1. The Labute approximate surface area is 124 Å². The van der Waals surface area contributed by atoms with Crippen LogP contribution in [0.3, 0.4) is 0 Å². The van der Waals surface area contributed by atoms with Gasteiger partial charge in [0.2, 0.25) is 5.88 Å². The van der Waals surface area contributed by atoms with Crippen LogP contribution in [0.1, 0.15) is 45.6 Å². The van der Waals surface area contributed by atoms with Crippen molar-refractivity contribution in [3.05, 3.63) is 16.9 Å². The Morgan fingerprint density at radius 1 is 1.40 bits per heavy atom. The highest BCUT2D eigenvalue weighted by atomic mass is 32.1. The van der Waals surface area contributed by atoms with E-state index in [4.69, 9.17) is 17.0 Å². The lowest BCUT2D eigenvalue weighted by molar-refractivity contribution is 0.146. The Morgan fingerprint density at radius 2 is 2.20 bits per heavy atom. The molecule has 0 saturated heterocycles. The fourth-order valence-electron chi connectivity index (χ4n) is 3.34. The predicted molar refractivity (Wildman–Crippen MR) is 82.8 cm³/mol. The molecule has 0 amide bonds. The molecule has 1 fully saturated rings. The van der Waals surface area contributed by atoms with Gasteiger partial charge in [-0.05, 0) is 36.5 Å². The Morgan fingerprint density at radius 3 is 2.90 bits per heavy atom. The van der Waals surface area contributed by atoms with E-state index in [2.05, 4.69) is 28.4 Å². The highest BCUT2D eigenvalue weighted by Gasteiger charge is 2.35. The van der Waals surface area contributed by atoms with Crippen LogP contribution in [0.5, 0.6) is 5.88 Å². The number of imidazole rings is 1. The van der Waals surface area contributed by atoms with Crippen LogP contribution < -0.4 is 4.74 Å². The number of methoxy groups -OCH3 is 1. The summed E-state index contributed by atoms with van der Waals surface area (Å²) in [6.45, 7) is 4.66. The van der Waals surface area contributed by atoms with Crippen LogP contribution in [0.2, 0.25) is 0 Å². The average Bonchev–Trinajstić information content (AvgIpc) is 2.73. The molecule has 2 aromatic heterocycles. The van der Waals surface area contributed by atoms with Gasteiger partial charge >= 0.3 is 0 Å². The van der Waals surface area contributed by atoms with E-state index < -0.39 is 0 Å². The largest absolute Gasteiger partial charge is 0.481 e. The standard InChI is InChI=1S/C15H21N3OS/c1-15(2)9-5-4-6-11(15)18-13-10(16-14(18)20)7-8-12(17-13)19-3/h7-8,11H,4-6,9H2,1-3H3,(H,16,20). The summed E-state index contributed by atoms with van der Waals surface area (Å²) in [7, 11) is 1.64. The van der Waals surface area contributed by atoms with E-state index in [1.165, 1.54) is 19.3 Å². The Balaban J connectivity index is 2.19. The van der Waals surface area contributed by atoms with E-state index in [1.54, 1.807) is 7.11 Å². The molecule has 2 aromatic rings. The molecule has 5 heteroatoms. The van der Waals surface area contributed by atoms with Crippen LogP contribution in [0.4, 0.5) is 0 Å². The van der Waals surface area contributed by atoms with Gasteiger partial charge in [-0.25, -0.2) is 0 Å². The molecule has 108 valence electrons. The van der Waals surface area contributed by atoms with E-state index in [1.807, 2.05) is 12.1 Å². The number of nitrogens with zero attached hydrogens (tertiary/aromatic N) is 2. The quantitative estimate of drug-likeness (QED) is 0.841. The molecule has 3 rings (SSSR count). The number of aromatic amines is 1. The van der Waals surface area contributed by atoms with Gasteiger partial charge in [-0.2, -0.15) is 4.98 Å². The number of fused-ring (bicyclic) bond motifs is 1. The molecule has 1 unspecified atom stereocenters. The van der Waals surface area contributed by atoms with Gasteiger partial charge in [-0.3, -0.25) is 4.57 Å². The second kappa shape index (κ2) is 4.88. The Hall–Kier alpha value is -1.36. The second-order valence-corrected chi connectivity index (χ2v) is 6.66. The number of hydrogen-bond donors (Lipinski definition) is 1. The monoisotopic (exact) mass is 291 g/mol. The van der Waals surface area contributed by atoms with Crippen molar-refractivity contribution in [3.63, 3.8) is 0 Å². The summed E-state index contributed by atoms with van der Waals surface area (Å²) in [5.41, 5.74) is 2.14. The number of pyridine rings is 1. The molecule has 0 radical (unpaired) electrons. The van der Waals surface area contributed by atoms with Gasteiger partial charge < -0.3 is 9.72 Å². The summed E-state index contributed by atoms with van der Waals surface area (Å²) in [6.07, 6.45) is 4.95. The van der Waals surface area contributed by atoms with Crippen LogP contribution in [0, 0.1) is 10.2 Å². The number of aromatic nitrogens is 3. The first-order valence-corrected chi connectivity index (χ1v) is 7.59. The number of nitrogens with one attached hydrogen (secondary N) is 1. The molecular weight excluding hydrogens is 270 g/mol. The van der Waals surface area contributed by atoms with E-state index in [0.717, 1.165) is 22.4 Å². The van der Waals surface area contributed by atoms with Gasteiger partial charge in [-0.15, -0.1) is 0 Å². The average molecular weight is 291 g/mol. The molecule has 1 atom stereocenters. The van der Waals surface area contributed by atoms with Crippen molar-refractivity contribution in [1.29, 1.82) is 0 Å². The second-order valence-electron chi connectivity index (χ2n) is 6.28. The van der Waals surface area contributed by atoms with Crippen LogP contribution >= 0.6 is 12.2 Å². The molecular formula is C15H21N3OS. The summed E-state index contributed by atoms with van der Waals surface area (Å²) < 4.78 is 8.22. The molecule has 4 nitrogen and oxygen atoms in total. The molecule has 1 N–H and O–H groups in total. The molecule has 1 saturated carbocycles. The lowest BCUT2D eigenvalue weighted by Crippen LogP contribution is -2.30. The third-order valence-corrected chi connectivity index (χ3v) is 4.81. The Kier molecular flexibility index (Phi) is 3.32. The van der Waals surface area contributed by atoms with E-state index >= 15 is 0 Å². The van der Waals surface area contributed by atoms with E-state index in [9.17, 15) is 0 Å². The van der Waals surface area contributed by atoms with Gasteiger partial charge in [0.25, 0.3) is 0 Å². The normalized spacial score (nSPS) is 22.1. The topological polar surface area (TPSA) is 42.8 Å². The molecule has 20 heavy (non-hydrogen) atoms. The van der Waals surface area contributed by atoms with Crippen molar-refractivity contribution in [2.75, 3.05) is 7.11 Å². The third kappa shape index (κ3) is 2.14. The minimum Gasteiger partial charge on any atom is -0.481 e. The zero-order chi connectivity index (χ0) is 14.3. The first-order chi connectivity index (χ1) is 9.53. The van der Waals surface area contributed by atoms with E-state index in [-0.39, 0.29) is 5.41 Å². The van der Waals surface area contributed by atoms with Crippen molar-refractivity contribution >= 4 is 23.4 Å². The number of H-pyrrole nitrogens is 1.